The first kappa shape index (κ1) is 12.8. The highest BCUT2D eigenvalue weighted by atomic mass is 16.3. The van der Waals surface area contributed by atoms with Gasteiger partial charge in [0.1, 0.15) is 6.33 Å². The molecule has 1 aliphatic heterocycles. The van der Waals surface area contributed by atoms with Gasteiger partial charge < -0.3 is 9.32 Å². The number of piperidine rings is 1. The lowest BCUT2D eigenvalue weighted by Crippen LogP contribution is -2.39. The molecule has 104 valence electrons. The van der Waals surface area contributed by atoms with E-state index in [2.05, 4.69) is 15.0 Å². The molecule has 0 bridgehead atoms. The molecule has 0 spiro atoms. The van der Waals surface area contributed by atoms with Crippen molar-refractivity contribution in [3.8, 4) is 0 Å². The van der Waals surface area contributed by atoms with Gasteiger partial charge in [-0.3, -0.25) is 4.79 Å². The van der Waals surface area contributed by atoms with Crippen LogP contribution in [0.2, 0.25) is 0 Å². The number of hydrogen-bond donors (Lipinski definition) is 0. The molecule has 3 heterocycles. The molecular weight excluding hydrogens is 256 g/mol. The zero-order chi connectivity index (χ0) is 13.9. The molecule has 1 fully saturated rings. The fraction of sp³-hybridized carbons (Fsp3) is 0.429. The summed E-state index contributed by atoms with van der Waals surface area (Å²) in [5.41, 5.74) is 1.63. The summed E-state index contributed by atoms with van der Waals surface area (Å²) in [6.07, 6.45) is 6.61. The minimum Gasteiger partial charge on any atom is -0.438 e. The molecule has 1 aliphatic rings. The highest BCUT2D eigenvalue weighted by Gasteiger charge is 2.28. The second-order valence-electron chi connectivity index (χ2n) is 4.99. The number of carbonyl (C=O) groups is 1. The fourth-order valence-corrected chi connectivity index (χ4v) is 2.60. The minimum absolute atomic E-state index is 0.0845. The number of nitrogens with zero attached hydrogens (tertiary/aromatic N) is 4. The van der Waals surface area contributed by atoms with E-state index in [9.17, 15) is 4.79 Å². The molecule has 1 saturated heterocycles. The minimum atomic E-state index is -0.0845. The Hall–Kier alpha value is -2.24. The summed E-state index contributed by atoms with van der Waals surface area (Å²) in [4.78, 5) is 26.4. The van der Waals surface area contributed by atoms with Crippen molar-refractivity contribution in [1.82, 2.24) is 19.9 Å². The van der Waals surface area contributed by atoms with Crippen molar-refractivity contribution in [3.05, 3.63) is 42.1 Å². The molecule has 0 aromatic carbocycles. The lowest BCUT2D eigenvalue weighted by Gasteiger charge is -2.31. The molecule has 0 aliphatic carbocycles. The number of aromatic nitrogens is 3. The van der Waals surface area contributed by atoms with E-state index in [-0.39, 0.29) is 11.8 Å². The van der Waals surface area contributed by atoms with E-state index in [0.717, 1.165) is 25.1 Å². The number of aryl methyl sites for hydroxylation is 1. The van der Waals surface area contributed by atoms with Gasteiger partial charge in [0.25, 0.3) is 5.91 Å². The highest BCUT2D eigenvalue weighted by molar-refractivity contribution is 5.92. The average Bonchev–Trinajstić information content (AvgIpc) is 2.94. The molecule has 1 atom stereocenters. The first-order valence-electron chi connectivity index (χ1n) is 6.71. The van der Waals surface area contributed by atoms with E-state index in [1.54, 1.807) is 19.4 Å². The standard InChI is InChI=1S/C14H16N4O2/c1-10-13(20-9-17-10)14(19)18-6-2-3-11(7-18)12-4-5-15-8-16-12/h4-5,8-9,11H,2-3,6-7H2,1H3/t11-/m0/s1. The van der Waals surface area contributed by atoms with E-state index in [0.29, 0.717) is 18.0 Å². The number of hydrogen-bond acceptors (Lipinski definition) is 5. The third kappa shape index (κ3) is 2.41. The Balaban J connectivity index is 1.76. The van der Waals surface area contributed by atoms with E-state index in [4.69, 9.17) is 4.42 Å². The number of oxazole rings is 1. The van der Waals surface area contributed by atoms with Crippen molar-refractivity contribution in [3.63, 3.8) is 0 Å². The SMILES string of the molecule is Cc1ncoc1C(=O)N1CCC[C@H](c2ccncn2)C1. The van der Waals surface area contributed by atoms with Crippen LogP contribution >= 0.6 is 0 Å². The molecule has 6 nitrogen and oxygen atoms in total. The summed E-state index contributed by atoms with van der Waals surface area (Å²) < 4.78 is 5.19. The lowest BCUT2D eigenvalue weighted by atomic mass is 9.94. The van der Waals surface area contributed by atoms with Gasteiger partial charge in [-0.1, -0.05) is 0 Å². The maximum atomic E-state index is 12.4. The predicted molar refractivity (Wildman–Crippen MR) is 71.2 cm³/mol. The molecule has 2 aromatic heterocycles. The van der Waals surface area contributed by atoms with Crippen LogP contribution in [0.1, 0.15) is 40.7 Å². The van der Waals surface area contributed by atoms with Crippen LogP contribution in [0.15, 0.2) is 29.4 Å². The van der Waals surface area contributed by atoms with Gasteiger partial charge in [0.05, 0.1) is 5.69 Å². The maximum Gasteiger partial charge on any atom is 0.291 e. The van der Waals surface area contributed by atoms with Crippen LogP contribution in [0.25, 0.3) is 0 Å². The molecule has 1 amide bonds. The van der Waals surface area contributed by atoms with E-state index < -0.39 is 0 Å². The smallest absolute Gasteiger partial charge is 0.291 e. The predicted octanol–water partition coefficient (Wildman–Crippen LogP) is 1.79. The Morgan fingerprint density at radius 2 is 2.35 bits per heavy atom. The van der Waals surface area contributed by atoms with Crippen LogP contribution in [-0.4, -0.2) is 38.8 Å². The number of amides is 1. The lowest BCUT2D eigenvalue weighted by molar-refractivity contribution is 0.0672. The molecule has 0 radical (unpaired) electrons. The van der Waals surface area contributed by atoms with Gasteiger partial charge in [0.2, 0.25) is 5.76 Å². The summed E-state index contributed by atoms with van der Waals surface area (Å²) in [5, 5.41) is 0. The summed E-state index contributed by atoms with van der Waals surface area (Å²) in [6.45, 7) is 3.19. The van der Waals surface area contributed by atoms with Gasteiger partial charge in [-0.15, -0.1) is 0 Å². The van der Waals surface area contributed by atoms with Crippen LogP contribution in [0.3, 0.4) is 0 Å². The van der Waals surface area contributed by atoms with Gasteiger partial charge in [-0.2, -0.15) is 0 Å². The second kappa shape index (κ2) is 5.40. The van der Waals surface area contributed by atoms with Crippen molar-refractivity contribution < 1.29 is 9.21 Å². The van der Waals surface area contributed by atoms with Gasteiger partial charge >= 0.3 is 0 Å². The molecule has 2 aromatic rings. The zero-order valence-electron chi connectivity index (χ0n) is 11.3. The van der Waals surface area contributed by atoms with Crippen LogP contribution in [0, 0.1) is 6.92 Å². The van der Waals surface area contributed by atoms with E-state index in [1.165, 1.54) is 6.39 Å². The maximum absolute atomic E-state index is 12.4. The van der Waals surface area contributed by atoms with Crippen LogP contribution in [0.4, 0.5) is 0 Å². The Labute approximate surface area is 116 Å². The molecule has 0 N–H and O–H groups in total. The topological polar surface area (TPSA) is 72.1 Å². The van der Waals surface area contributed by atoms with E-state index in [1.807, 2.05) is 11.0 Å². The fourth-order valence-electron chi connectivity index (χ4n) is 2.60. The first-order chi connectivity index (χ1) is 9.75. The third-order valence-corrected chi connectivity index (χ3v) is 3.67. The van der Waals surface area contributed by atoms with Crippen molar-refractivity contribution in [1.29, 1.82) is 0 Å². The van der Waals surface area contributed by atoms with Crippen LogP contribution in [0.5, 0.6) is 0 Å². The molecule has 0 unspecified atom stereocenters. The van der Waals surface area contributed by atoms with Gasteiger partial charge in [-0.05, 0) is 25.8 Å². The Bertz CT molecular complexity index is 596. The van der Waals surface area contributed by atoms with Gasteiger partial charge in [0.15, 0.2) is 6.39 Å². The summed E-state index contributed by atoms with van der Waals surface area (Å²) in [6, 6.07) is 1.92. The molecule has 6 heteroatoms. The Morgan fingerprint density at radius 1 is 1.45 bits per heavy atom. The number of rotatable bonds is 2. The zero-order valence-corrected chi connectivity index (χ0v) is 11.3. The third-order valence-electron chi connectivity index (χ3n) is 3.67. The first-order valence-corrected chi connectivity index (χ1v) is 6.71. The van der Waals surface area contributed by atoms with Crippen LogP contribution in [-0.2, 0) is 0 Å². The second-order valence-corrected chi connectivity index (χ2v) is 4.99. The Kier molecular flexibility index (Phi) is 3.45. The number of carbonyl (C=O) groups excluding carboxylic acids is 1. The summed E-state index contributed by atoms with van der Waals surface area (Å²) >= 11 is 0. The van der Waals surface area contributed by atoms with Gasteiger partial charge in [-0.25, -0.2) is 15.0 Å². The molecule has 20 heavy (non-hydrogen) atoms. The van der Waals surface area contributed by atoms with E-state index >= 15 is 0 Å². The van der Waals surface area contributed by atoms with Crippen LogP contribution < -0.4 is 0 Å². The van der Waals surface area contributed by atoms with Crippen molar-refractivity contribution >= 4 is 5.91 Å². The Morgan fingerprint density at radius 3 is 3.05 bits per heavy atom. The normalized spacial score (nSPS) is 19.1. The quantitative estimate of drug-likeness (QED) is 0.833. The summed E-state index contributed by atoms with van der Waals surface area (Å²) in [5.74, 6) is 0.519. The largest absolute Gasteiger partial charge is 0.438 e. The highest BCUT2D eigenvalue weighted by Crippen LogP contribution is 2.26. The summed E-state index contributed by atoms with van der Waals surface area (Å²) in [7, 11) is 0. The monoisotopic (exact) mass is 272 g/mol. The molecule has 3 rings (SSSR count). The van der Waals surface area contributed by atoms with Crippen molar-refractivity contribution in [2.75, 3.05) is 13.1 Å². The van der Waals surface area contributed by atoms with Crippen molar-refractivity contribution in [2.45, 2.75) is 25.7 Å². The van der Waals surface area contributed by atoms with Crippen molar-refractivity contribution in [2.24, 2.45) is 0 Å². The molecule has 0 saturated carbocycles. The number of likely N-dealkylation sites (tertiary alicyclic amines) is 1. The average molecular weight is 272 g/mol. The molecular formula is C14H16N4O2. The van der Waals surface area contributed by atoms with Gasteiger partial charge in [0, 0.05) is 30.9 Å².